The van der Waals surface area contributed by atoms with E-state index in [-0.39, 0.29) is 22.5 Å². The van der Waals surface area contributed by atoms with E-state index in [1.165, 1.54) is 12.1 Å². The molecular formula is C14H12F3NS. The summed E-state index contributed by atoms with van der Waals surface area (Å²) in [6, 6.07) is 9.19. The molecule has 2 rings (SSSR count). The van der Waals surface area contributed by atoms with Crippen LogP contribution in [0.2, 0.25) is 0 Å². The van der Waals surface area contributed by atoms with Crippen molar-refractivity contribution in [3.63, 3.8) is 0 Å². The van der Waals surface area contributed by atoms with Crippen molar-refractivity contribution in [1.82, 2.24) is 0 Å². The maximum Gasteiger partial charge on any atom is 0.136 e. The Hall–Kier alpha value is -1.46. The lowest BCUT2D eigenvalue weighted by molar-refractivity contribution is 0.576. The second-order valence-corrected chi connectivity index (χ2v) is 5.22. The zero-order valence-corrected chi connectivity index (χ0v) is 10.8. The Balaban J connectivity index is 2.26. The van der Waals surface area contributed by atoms with Crippen molar-refractivity contribution in [1.29, 1.82) is 0 Å². The monoisotopic (exact) mass is 283 g/mol. The van der Waals surface area contributed by atoms with E-state index in [1.807, 2.05) is 0 Å². The van der Waals surface area contributed by atoms with Gasteiger partial charge in [-0.15, -0.1) is 11.8 Å². The van der Waals surface area contributed by atoms with Crippen molar-refractivity contribution in [3.8, 4) is 0 Å². The van der Waals surface area contributed by atoms with Gasteiger partial charge in [-0.2, -0.15) is 0 Å². The fourth-order valence-electron chi connectivity index (χ4n) is 1.68. The number of halogens is 3. The molecule has 2 N–H and O–H groups in total. The van der Waals surface area contributed by atoms with Gasteiger partial charge < -0.3 is 5.73 Å². The van der Waals surface area contributed by atoms with E-state index in [9.17, 15) is 13.2 Å². The van der Waals surface area contributed by atoms with E-state index in [0.717, 1.165) is 30.0 Å². The average molecular weight is 283 g/mol. The van der Waals surface area contributed by atoms with Crippen LogP contribution in [0, 0.1) is 17.5 Å². The van der Waals surface area contributed by atoms with E-state index >= 15 is 0 Å². The van der Waals surface area contributed by atoms with E-state index in [0.29, 0.717) is 5.56 Å². The van der Waals surface area contributed by atoms with Crippen molar-refractivity contribution >= 4 is 11.8 Å². The quantitative estimate of drug-likeness (QED) is 0.861. The maximum absolute atomic E-state index is 13.6. The number of nitrogens with two attached hydrogens (primary N) is 1. The molecule has 0 saturated carbocycles. The van der Waals surface area contributed by atoms with Crippen LogP contribution in [0.3, 0.4) is 0 Å². The molecule has 1 nitrogen and oxygen atoms in total. The van der Waals surface area contributed by atoms with Gasteiger partial charge in [0.2, 0.25) is 0 Å². The normalized spacial score (nSPS) is 12.4. The molecule has 2 aromatic rings. The minimum absolute atomic E-state index is 0.166. The maximum atomic E-state index is 13.6. The molecule has 0 heterocycles. The van der Waals surface area contributed by atoms with Gasteiger partial charge in [-0.3, -0.25) is 0 Å². The molecule has 100 valence electrons. The molecule has 0 aliphatic heterocycles. The Kier molecular flexibility index (Phi) is 4.50. The topological polar surface area (TPSA) is 26.0 Å². The highest BCUT2D eigenvalue weighted by Gasteiger charge is 2.15. The van der Waals surface area contributed by atoms with Crippen molar-refractivity contribution in [2.45, 2.75) is 10.1 Å². The molecule has 0 bridgehead atoms. The molecule has 1 unspecified atom stereocenters. The zero-order valence-electron chi connectivity index (χ0n) is 9.95. The standard InChI is InChI=1S/C14H12F3NS/c15-10-3-1-2-9(6-10)14(8-18)19-13-7-11(16)4-5-12(13)17/h1-7,14H,8,18H2. The summed E-state index contributed by atoms with van der Waals surface area (Å²) in [5.74, 6) is -1.41. The number of hydrogen-bond acceptors (Lipinski definition) is 2. The lowest BCUT2D eigenvalue weighted by Gasteiger charge is -2.15. The van der Waals surface area contributed by atoms with Crippen LogP contribution in [-0.2, 0) is 0 Å². The summed E-state index contributed by atoms with van der Waals surface area (Å²) in [6.07, 6.45) is 0. The number of thioether (sulfide) groups is 1. The lowest BCUT2D eigenvalue weighted by Crippen LogP contribution is -2.09. The number of rotatable bonds is 4. The first-order valence-corrected chi connectivity index (χ1v) is 6.55. The predicted molar refractivity (Wildman–Crippen MR) is 70.4 cm³/mol. The highest BCUT2D eigenvalue weighted by molar-refractivity contribution is 7.99. The van der Waals surface area contributed by atoms with Crippen LogP contribution >= 0.6 is 11.8 Å². The highest BCUT2D eigenvalue weighted by Crippen LogP contribution is 2.36. The summed E-state index contributed by atoms with van der Waals surface area (Å²) in [7, 11) is 0. The summed E-state index contributed by atoms with van der Waals surface area (Å²) in [4.78, 5) is 0.166. The molecule has 19 heavy (non-hydrogen) atoms. The van der Waals surface area contributed by atoms with Gasteiger partial charge in [-0.1, -0.05) is 12.1 Å². The fourth-order valence-corrected chi connectivity index (χ4v) is 2.73. The Labute approximate surface area is 113 Å². The third-order valence-electron chi connectivity index (χ3n) is 2.60. The molecule has 5 heteroatoms. The van der Waals surface area contributed by atoms with Crippen molar-refractivity contribution in [2.24, 2.45) is 5.73 Å². The van der Waals surface area contributed by atoms with Crippen LogP contribution in [0.1, 0.15) is 10.8 Å². The third kappa shape index (κ3) is 3.52. The van der Waals surface area contributed by atoms with Gasteiger partial charge in [-0.05, 0) is 35.9 Å². The molecule has 0 spiro atoms. The molecule has 0 amide bonds. The van der Waals surface area contributed by atoms with Gasteiger partial charge in [0.15, 0.2) is 0 Å². The third-order valence-corrected chi connectivity index (χ3v) is 3.91. The van der Waals surface area contributed by atoms with Crippen LogP contribution in [0.15, 0.2) is 47.4 Å². The van der Waals surface area contributed by atoms with Gasteiger partial charge in [0.25, 0.3) is 0 Å². The molecule has 0 aliphatic carbocycles. The molecule has 2 aromatic carbocycles. The Morgan fingerprint density at radius 3 is 2.42 bits per heavy atom. The van der Waals surface area contributed by atoms with Gasteiger partial charge in [0.1, 0.15) is 17.5 Å². The first kappa shape index (κ1) is 14.0. The van der Waals surface area contributed by atoms with Crippen molar-refractivity contribution in [3.05, 3.63) is 65.5 Å². The Bertz CT molecular complexity index is 574. The number of hydrogen-bond donors (Lipinski definition) is 1. The summed E-state index contributed by atoms with van der Waals surface area (Å²) in [6.45, 7) is 0.198. The van der Waals surface area contributed by atoms with Gasteiger partial charge >= 0.3 is 0 Å². The van der Waals surface area contributed by atoms with Crippen molar-refractivity contribution in [2.75, 3.05) is 6.54 Å². The van der Waals surface area contributed by atoms with Gasteiger partial charge in [0.05, 0.1) is 0 Å². The van der Waals surface area contributed by atoms with E-state index in [2.05, 4.69) is 0 Å². The molecule has 0 radical (unpaired) electrons. The minimum Gasteiger partial charge on any atom is -0.329 e. The summed E-state index contributed by atoms with van der Waals surface area (Å²) in [5, 5.41) is -0.327. The largest absolute Gasteiger partial charge is 0.329 e. The SMILES string of the molecule is NCC(Sc1cc(F)ccc1F)c1cccc(F)c1. The highest BCUT2D eigenvalue weighted by atomic mass is 32.2. The molecule has 1 atom stereocenters. The van der Waals surface area contributed by atoms with Crippen LogP contribution in [0.5, 0.6) is 0 Å². The fraction of sp³-hybridized carbons (Fsp3) is 0.143. The number of benzene rings is 2. The van der Waals surface area contributed by atoms with E-state index in [1.54, 1.807) is 12.1 Å². The smallest absolute Gasteiger partial charge is 0.136 e. The first-order valence-electron chi connectivity index (χ1n) is 5.67. The predicted octanol–water partition coefficient (Wildman–Crippen LogP) is 3.90. The molecule has 0 saturated heterocycles. The molecule has 0 aromatic heterocycles. The van der Waals surface area contributed by atoms with Crippen LogP contribution < -0.4 is 5.73 Å². The lowest BCUT2D eigenvalue weighted by atomic mass is 10.1. The molecule has 0 fully saturated rings. The van der Waals surface area contributed by atoms with Crippen LogP contribution in [-0.4, -0.2) is 6.54 Å². The molecular weight excluding hydrogens is 271 g/mol. The summed E-state index contributed by atoms with van der Waals surface area (Å²) in [5.41, 5.74) is 6.28. The van der Waals surface area contributed by atoms with Crippen molar-refractivity contribution < 1.29 is 13.2 Å². The Morgan fingerprint density at radius 2 is 1.74 bits per heavy atom. The first-order chi connectivity index (χ1) is 9.10. The van der Waals surface area contributed by atoms with Gasteiger partial charge in [0, 0.05) is 16.7 Å². The second kappa shape index (κ2) is 6.12. The average Bonchev–Trinajstić information content (AvgIpc) is 2.39. The van der Waals surface area contributed by atoms with Gasteiger partial charge in [-0.25, -0.2) is 13.2 Å². The van der Waals surface area contributed by atoms with Crippen LogP contribution in [0.4, 0.5) is 13.2 Å². The minimum atomic E-state index is -0.515. The zero-order chi connectivity index (χ0) is 13.8. The van der Waals surface area contributed by atoms with E-state index < -0.39 is 11.6 Å². The second-order valence-electron chi connectivity index (χ2n) is 3.97. The summed E-state index contributed by atoms with van der Waals surface area (Å²) < 4.78 is 39.8. The summed E-state index contributed by atoms with van der Waals surface area (Å²) >= 11 is 1.08. The molecule has 0 aliphatic rings. The van der Waals surface area contributed by atoms with Crippen LogP contribution in [0.25, 0.3) is 0 Å². The van der Waals surface area contributed by atoms with E-state index in [4.69, 9.17) is 5.73 Å². The Morgan fingerprint density at radius 1 is 1.00 bits per heavy atom.